The SMILES string of the molecule is COC(=O)CC1CCCCN1S(=O)(=O)c1ncn(C)c1Cl. The van der Waals surface area contributed by atoms with Crippen LogP contribution in [0.1, 0.15) is 25.7 Å². The highest BCUT2D eigenvalue weighted by Gasteiger charge is 2.37. The van der Waals surface area contributed by atoms with Gasteiger partial charge in [0.2, 0.25) is 5.03 Å². The van der Waals surface area contributed by atoms with E-state index in [9.17, 15) is 13.2 Å². The van der Waals surface area contributed by atoms with Gasteiger partial charge in [0.25, 0.3) is 10.0 Å². The zero-order chi connectivity index (χ0) is 15.6. The van der Waals surface area contributed by atoms with Gasteiger partial charge in [0.1, 0.15) is 5.15 Å². The predicted molar refractivity (Wildman–Crippen MR) is 76.4 cm³/mol. The predicted octanol–water partition coefficient (Wildman–Crippen LogP) is 1.18. The molecule has 118 valence electrons. The number of piperidine rings is 1. The van der Waals surface area contributed by atoms with Crippen LogP contribution in [0.3, 0.4) is 0 Å². The van der Waals surface area contributed by atoms with Crippen LogP contribution in [0.2, 0.25) is 5.15 Å². The van der Waals surface area contributed by atoms with E-state index in [4.69, 9.17) is 11.6 Å². The Balaban J connectivity index is 2.31. The number of sulfonamides is 1. The Labute approximate surface area is 128 Å². The molecule has 1 aliphatic heterocycles. The molecule has 0 saturated carbocycles. The minimum absolute atomic E-state index is 0.0418. The maximum atomic E-state index is 12.7. The van der Waals surface area contributed by atoms with Crippen molar-refractivity contribution in [2.75, 3.05) is 13.7 Å². The smallest absolute Gasteiger partial charge is 0.307 e. The molecule has 21 heavy (non-hydrogen) atoms. The first kappa shape index (κ1) is 16.3. The lowest BCUT2D eigenvalue weighted by Crippen LogP contribution is -2.45. The third-order valence-corrected chi connectivity index (χ3v) is 6.03. The van der Waals surface area contributed by atoms with Crippen LogP contribution in [0, 0.1) is 0 Å². The van der Waals surface area contributed by atoms with Crippen molar-refractivity contribution in [3.05, 3.63) is 11.5 Å². The molecule has 1 atom stereocenters. The molecule has 0 radical (unpaired) electrons. The Morgan fingerprint density at radius 2 is 2.24 bits per heavy atom. The zero-order valence-corrected chi connectivity index (χ0v) is 13.5. The first-order valence-electron chi connectivity index (χ1n) is 6.63. The monoisotopic (exact) mass is 335 g/mol. The third-order valence-electron chi connectivity index (χ3n) is 3.59. The minimum atomic E-state index is -3.81. The molecule has 1 fully saturated rings. The number of imidazole rings is 1. The van der Waals surface area contributed by atoms with Crippen LogP contribution in [0.15, 0.2) is 11.4 Å². The summed E-state index contributed by atoms with van der Waals surface area (Å²) >= 11 is 6.00. The normalized spacial score (nSPS) is 20.4. The molecule has 0 spiro atoms. The summed E-state index contributed by atoms with van der Waals surface area (Å²) in [7, 11) is -0.900. The Morgan fingerprint density at radius 1 is 1.52 bits per heavy atom. The summed E-state index contributed by atoms with van der Waals surface area (Å²) in [5.41, 5.74) is 0. The summed E-state index contributed by atoms with van der Waals surface area (Å²) in [6, 6.07) is -0.408. The molecule has 9 heteroatoms. The first-order chi connectivity index (χ1) is 9.87. The van der Waals surface area contributed by atoms with Gasteiger partial charge in [-0.05, 0) is 12.8 Å². The molecule has 2 rings (SSSR count). The van der Waals surface area contributed by atoms with Gasteiger partial charge in [-0.1, -0.05) is 18.0 Å². The van der Waals surface area contributed by atoms with Gasteiger partial charge in [-0.25, -0.2) is 13.4 Å². The topological polar surface area (TPSA) is 81.5 Å². The molecular weight excluding hydrogens is 318 g/mol. The van der Waals surface area contributed by atoms with Crippen LogP contribution in [-0.2, 0) is 26.6 Å². The number of carbonyl (C=O) groups excluding carboxylic acids is 1. The van der Waals surface area contributed by atoms with E-state index in [2.05, 4.69) is 9.72 Å². The van der Waals surface area contributed by atoms with E-state index in [0.29, 0.717) is 13.0 Å². The minimum Gasteiger partial charge on any atom is -0.469 e. The van der Waals surface area contributed by atoms with Crippen molar-refractivity contribution in [3.8, 4) is 0 Å². The van der Waals surface area contributed by atoms with Crippen molar-refractivity contribution < 1.29 is 17.9 Å². The number of esters is 1. The largest absolute Gasteiger partial charge is 0.469 e. The van der Waals surface area contributed by atoms with Crippen LogP contribution in [-0.4, -0.2) is 47.9 Å². The zero-order valence-electron chi connectivity index (χ0n) is 12.0. The molecule has 0 aromatic carbocycles. The molecule has 1 saturated heterocycles. The van der Waals surface area contributed by atoms with E-state index in [-0.39, 0.29) is 16.6 Å². The molecule has 1 unspecified atom stereocenters. The fourth-order valence-corrected chi connectivity index (χ4v) is 4.53. The summed E-state index contributed by atoms with van der Waals surface area (Å²) in [4.78, 5) is 15.4. The fraction of sp³-hybridized carbons (Fsp3) is 0.667. The van der Waals surface area contributed by atoms with Crippen LogP contribution in [0.5, 0.6) is 0 Å². The van der Waals surface area contributed by atoms with Crippen LogP contribution in [0.25, 0.3) is 0 Å². The van der Waals surface area contributed by atoms with Gasteiger partial charge in [0, 0.05) is 19.6 Å². The van der Waals surface area contributed by atoms with E-state index >= 15 is 0 Å². The van der Waals surface area contributed by atoms with Gasteiger partial charge in [0.15, 0.2) is 0 Å². The number of hydrogen-bond donors (Lipinski definition) is 0. The highest BCUT2D eigenvalue weighted by molar-refractivity contribution is 7.89. The molecule has 1 aliphatic rings. The summed E-state index contributed by atoms with van der Waals surface area (Å²) in [6.07, 6.45) is 3.65. The molecule has 7 nitrogen and oxygen atoms in total. The summed E-state index contributed by atoms with van der Waals surface area (Å²) < 4.78 is 32.8. The molecule has 2 heterocycles. The standard InChI is InChI=1S/C12H18ClN3O4S/c1-15-8-14-12(11(15)13)21(18,19)16-6-4-3-5-9(16)7-10(17)20-2/h8-9H,3-7H2,1-2H3. The van der Waals surface area contributed by atoms with Crippen molar-refractivity contribution in [1.29, 1.82) is 0 Å². The Morgan fingerprint density at radius 3 is 2.81 bits per heavy atom. The van der Waals surface area contributed by atoms with Crippen molar-refractivity contribution in [1.82, 2.24) is 13.9 Å². The molecule has 0 N–H and O–H groups in total. The number of hydrogen-bond acceptors (Lipinski definition) is 5. The van der Waals surface area contributed by atoms with E-state index in [1.807, 2.05) is 0 Å². The molecular formula is C12H18ClN3O4S. The number of methoxy groups -OCH3 is 1. The average molecular weight is 336 g/mol. The number of carbonyl (C=O) groups is 1. The van der Waals surface area contributed by atoms with Crippen molar-refractivity contribution in [2.45, 2.75) is 36.8 Å². The van der Waals surface area contributed by atoms with Crippen LogP contribution < -0.4 is 0 Å². The number of rotatable bonds is 4. The number of aromatic nitrogens is 2. The third kappa shape index (κ3) is 3.22. The second kappa shape index (κ2) is 6.33. The molecule has 0 amide bonds. The first-order valence-corrected chi connectivity index (χ1v) is 8.45. The summed E-state index contributed by atoms with van der Waals surface area (Å²) in [6.45, 7) is 0.358. The number of halogens is 1. The van der Waals surface area contributed by atoms with Crippen molar-refractivity contribution in [2.24, 2.45) is 7.05 Å². The lowest BCUT2D eigenvalue weighted by Gasteiger charge is -2.33. The van der Waals surface area contributed by atoms with E-state index < -0.39 is 22.0 Å². The van der Waals surface area contributed by atoms with Gasteiger partial charge < -0.3 is 9.30 Å². The van der Waals surface area contributed by atoms with Gasteiger partial charge in [0.05, 0.1) is 19.9 Å². The Bertz CT molecular complexity index is 628. The number of nitrogens with zero attached hydrogens (tertiary/aromatic N) is 3. The van der Waals surface area contributed by atoms with Gasteiger partial charge in [-0.3, -0.25) is 4.79 Å². The second-order valence-corrected chi connectivity index (χ2v) is 7.16. The number of aryl methyl sites for hydroxylation is 1. The van der Waals surface area contributed by atoms with Gasteiger partial charge in [-0.15, -0.1) is 0 Å². The van der Waals surface area contributed by atoms with Gasteiger partial charge >= 0.3 is 5.97 Å². The van der Waals surface area contributed by atoms with Crippen LogP contribution >= 0.6 is 11.6 Å². The number of ether oxygens (including phenoxy) is 1. The average Bonchev–Trinajstić information content (AvgIpc) is 2.80. The molecule has 0 aliphatic carbocycles. The second-order valence-electron chi connectivity index (χ2n) is 5.00. The molecule has 1 aromatic heterocycles. The molecule has 0 bridgehead atoms. The summed E-state index contributed by atoms with van der Waals surface area (Å²) in [5, 5.41) is -0.0965. The quantitative estimate of drug-likeness (QED) is 0.772. The van der Waals surface area contributed by atoms with E-state index in [1.165, 1.54) is 22.3 Å². The highest BCUT2D eigenvalue weighted by atomic mass is 35.5. The van der Waals surface area contributed by atoms with E-state index in [0.717, 1.165) is 12.8 Å². The fourth-order valence-electron chi connectivity index (χ4n) is 2.45. The lowest BCUT2D eigenvalue weighted by molar-refractivity contribution is -0.141. The van der Waals surface area contributed by atoms with Gasteiger partial charge in [-0.2, -0.15) is 4.31 Å². The lowest BCUT2D eigenvalue weighted by atomic mass is 10.0. The maximum absolute atomic E-state index is 12.7. The summed E-state index contributed by atoms with van der Waals surface area (Å²) in [5.74, 6) is -0.422. The van der Waals surface area contributed by atoms with E-state index in [1.54, 1.807) is 7.05 Å². The van der Waals surface area contributed by atoms with Crippen LogP contribution in [0.4, 0.5) is 0 Å². The Kier molecular flexibility index (Phi) is 4.90. The van der Waals surface area contributed by atoms with Crippen molar-refractivity contribution >= 4 is 27.6 Å². The Hall–Kier alpha value is -1.12. The maximum Gasteiger partial charge on any atom is 0.307 e. The van der Waals surface area contributed by atoms with Crippen molar-refractivity contribution in [3.63, 3.8) is 0 Å². The molecule has 1 aromatic rings. The highest BCUT2D eigenvalue weighted by Crippen LogP contribution is 2.29.